The first-order chi connectivity index (χ1) is 9.71. The van der Waals surface area contributed by atoms with Crippen molar-refractivity contribution < 1.29 is 0 Å². The van der Waals surface area contributed by atoms with Crippen molar-refractivity contribution in [2.45, 2.75) is 44.6 Å². The minimum absolute atomic E-state index is 0.224. The summed E-state index contributed by atoms with van der Waals surface area (Å²) in [5.41, 5.74) is 1.70. The van der Waals surface area contributed by atoms with Crippen LogP contribution in [0.15, 0.2) is 30.3 Å². The highest BCUT2D eigenvalue weighted by Gasteiger charge is 2.41. The summed E-state index contributed by atoms with van der Waals surface area (Å²) < 4.78 is 0. The van der Waals surface area contributed by atoms with Crippen molar-refractivity contribution in [1.29, 1.82) is 0 Å². The molecule has 1 aromatic rings. The van der Waals surface area contributed by atoms with Crippen LogP contribution in [0.4, 0.5) is 0 Å². The normalized spacial score (nSPS) is 28.7. The van der Waals surface area contributed by atoms with Crippen molar-refractivity contribution in [1.82, 2.24) is 10.2 Å². The van der Waals surface area contributed by atoms with E-state index in [2.05, 4.69) is 54.4 Å². The van der Waals surface area contributed by atoms with Crippen LogP contribution in [0, 0.1) is 5.92 Å². The Bertz CT molecular complexity index is 430. The highest BCUT2D eigenvalue weighted by atomic mass is 15.2. The van der Waals surface area contributed by atoms with Gasteiger partial charge in [-0.25, -0.2) is 0 Å². The fourth-order valence-corrected chi connectivity index (χ4v) is 4.16. The van der Waals surface area contributed by atoms with Crippen molar-refractivity contribution in [2.24, 2.45) is 5.92 Å². The molecule has 0 amide bonds. The topological polar surface area (TPSA) is 15.3 Å². The first-order valence-corrected chi connectivity index (χ1v) is 8.21. The Hall–Kier alpha value is -0.860. The quantitative estimate of drug-likeness (QED) is 0.856. The summed E-state index contributed by atoms with van der Waals surface area (Å²) in [5.74, 6) is 0.985. The van der Waals surface area contributed by atoms with Crippen LogP contribution in [-0.2, 0) is 5.41 Å². The molecular weight excluding hydrogens is 244 g/mol. The minimum Gasteiger partial charge on any atom is -0.316 e. The largest absolute Gasteiger partial charge is 0.316 e. The van der Waals surface area contributed by atoms with Gasteiger partial charge >= 0.3 is 0 Å². The van der Waals surface area contributed by atoms with Gasteiger partial charge in [0.25, 0.3) is 0 Å². The number of nitrogens with one attached hydrogen (secondary N) is 1. The fourth-order valence-electron chi connectivity index (χ4n) is 4.16. The molecule has 0 spiro atoms. The summed E-state index contributed by atoms with van der Waals surface area (Å²) in [4.78, 5) is 2.76. The first-order valence-electron chi connectivity index (χ1n) is 8.21. The second-order valence-corrected chi connectivity index (χ2v) is 6.97. The van der Waals surface area contributed by atoms with Crippen LogP contribution in [0.25, 0.3) is 0 Å². The maximum Gasteiger partial charge on any atom is 0.0177 e. The van der Waals surface area contributed by atoms with Gasteiger partial charge < -0.3 is 5.32 Å². The molecule has 20 heavy (non-hydrogen) atoms. The second-order valence-electron chi connectivity index (χ2n) is 6.97. The minimum atomic E-state index is 0.224. The Morgan fingerprint density at radius 1 is 1.25 bits per heavy atom. The lowest BCUT2D eigenvalue weighted by Crippen LogP contribution is -2.47. The number of likely N-dealkylation sites (tertiary alicyclic amines) is 1. The molecule has 3 unspecified atom stereocenters. The van der Waals surface area contributed by atoms with Crippen LogP contribution in [0.1, 0.15) is 38.7 Å². The van der Waals surface area contributed by atoms with E-state index < -0.39 is 0 Å². The summed E-state index contributed by atoms with van der Waals surface area (Å²) in [7, 11) is 0. The Morgan fingerprint density at radius 2 is 2.05 bits per heavy atom. The molecule has 2 bridgehead atoms. The average molecular weight is 272 g/mol. The van der Waals surface area contributed by atoms with Crippen LogP contribution in [-0.4, -0.2) is 37.1 Å². The highest BCUT2D eigenvalue weighted by Crippen LogP contribution is 2.39. The maximum atomic E-state index is 3.58. The molecule has 2 fully saturated rings. The molecule has 2 heteroatoms. The summed E-state index contributed by atoms with van der Waals surface area (Å²) in [6.45, 7) is 9.28. The summed E-state index contributed by atoms with van der Waals surface area (Å²) in [5, 5.41) is 3.58. The van der Waals surface area contributed by atoms with Gasteiger partial charge in [-0.05, 0) is 37.3 Å². The standard InChI is InChI=1S/C18H28N2/c1-3-19-13-18(2,16-7-5-4-6-8-16)14-20-12-15-9-10-17(20)11-15/h4-8,15,17,19H,3,9-14H2,1-2H3. The fraction of sp³-hybridized carbons (Fsp3) is 0.667. The van der Waals surface area contributed by atoms with Crippen LogP contribution >= 0.6 is 0 Å². The van der Waals surface area contributed by atoms with E-state index in [0.717, 1.165) is 25.0 Å². The van der Waals surface area contributed by atoms with Gasteiger partial charge in [-0.3, -0.25) is 4.90 Å². The summed E-state index contributed by atoms with van der Waals surface area (Å²) >= 11 is 0. The zero-order chi connectivity index (χ0) is 14.0. The van der Waals surface area contributed by atoms with Gasteiger partial charge in [-0.2, -0.15) is 0 Å². The lowest BCUT2D eigenvalue weighted by atomic mass is 9.81. The van der Waals surface area contributed by atoms with Gasteiger partial charge in [-0.15, -0.1) is 0 Å². The van der Waals surface area contributed by atoms with Crippen molar-refractivity contribution in [3.05, 3.63) is 35.9 Å². The van der Waals surface area contributed by atoms with E-state index in [1.54, 1.807) is 0 Å². The number of hydrogen-bond acceptors (Lipinski definition) is 2. The van der Waals surface area contributed by atoms with Crippen LogP contribution in [0.2, 0.25) is 0 Å². The molecule has 1 N–H and O–H groups in total. The SMILES string of the molecule is CCNCC(C)(CN1CC2CCC1C2)c1ccccc1. The summed E-state index contributed by atoms with van der Waals surface area (Å²) in [6, 6.07) is 11.9. The number of nitrogens with zero attached hydrogens (tertiary/aromatic N) is 1. The van der Waals surface area contributed by atoms with Crippen molar-refractivity contribution in [3.8, 4) is 0 Å². The molecule has 1 aliphatic heterocycles. The monoisotopic (exact) mass is 272 g/mol. The van der Waals surface area contributed by atoms with Gasteiger partial charge in [0.2, 0.25) is 0 Å². The summed E-state index contributed by atoms with van der Waals surface area (Å²) in [6.07, 6.45) is 4.35. The molecule has 1 saturated carbocycles. The number of benzene rings is 1. The third kappa shape index (κ3) is 2.77. The van der Waals surface area contributed by atoms with E-state index in [1.165, 1.54) is 37.9 Å². The van der Waals surface area contributed by atoms with E-state index in [9.17, 15) is 0 Å². The van der Waals surface area contributed by atoms with E-state index in [4.69, 9.17) is 0 Å². The smallest absolute Gasteiger partial charge is 0.0177 e. The molecule has 3 atom stereocenters. The molecule has 2 nitrogen and oxygen atoms in total. The maximum absolute atomic E-state index is 3.58. The Balaban J connectivity index is 1.75. The third-order valence-corrected chi connectivity index (χ3v) is 5.31. The number of likely N-dealkylation sites (N-methyl/N-ethyl adjacent to an activating group) is 1. The number of piperidine rings is 1. The van der Waals surface area contributed by atoms with Gasteiger partial charge in [0.15, 0.2) is 0 Å². The molecule has 2 aliphatic rings. The van der Waals surface area contributed by atoms with E-state index in [0.29, 0.717) is 0 Å². The molecule has 1 heterocycles. The number of fused-ring (bicyclic) bond motifs is 2. The molecule has 110 valence electrons. The Kier molecular flexibility index (Phi) is 4.13. The van der Waals surface area contributed by atoms with Crippen molar-refractivity contribution >= 4 is 0 Å². The van der Waals surface area contributed by atoms with Crippen LogP contribution in [0.3, 0.4) is 0 Å². The Labute approximate surface area is 123 Å². The van der Waals surface area contributed by atoms with E-state index in [1.807, 2.05) is 0 Å². The van der Waals surface area contributed by atoms with E-state index in [-0.39, 0.29) is 5.41 Å². The van der Waals surface area contributed by atoms with Crippen molar-refractivity contribution in [3.63, 3.8) is 0 Å². The highest BCUT2D eigenvalue weighted by molar-refractivity contribution is 5.26. The first kappa shape index (κ1) is 14.1. The predicted octanol–water partition coefficient (Wildman–Crippen LogP) is 3.04. The number of rotatable bonds is 6. The van der Waals surface area contributed by atoms with Gasteiger partial charge in [0.05, 0.1) is 0 Å². The number of hydrogen-bond donors (Lipinski definition) is 1. The average Bonchev–Trinajstić information content (AvgIpc) is 3.08. The molecular formula is C18H28N2. The van der Waals surface area contributed by atoms with Crippen LogP contribution in [0.5, 0.6) is 0 Å². The Morgan fingerprint density at radius 3 is 2.65 bits per heavy atom. The zero-order valence-electron chi connectivity index (χ0n) is 12.9. The van der Waals surface area contributed by atoms with Gasteiger partial charge in [0, 0.05) is 31.1 Å². The second kappa shape index (κ2) is 5.87. The molecule has 0 radical (unpaired) electrons. The molecule has 0 aromatic heterocycles. The van der Waals surface area contributed by atoms with Crippen molar-refractivity contribution in [2.75, 3.05) is 26.2 Å². The lowest BCUT2D eigenvalue weighted by molar-refractivity contribution is 0.168. The molecule has 1 aliphatic carbocycles. The lowest BCUT2D eigenvalue weighted by Gasteiger charge is -2.38. The van der Waals surface area contributed by atoms with Crippen LogP contribution < -0.4 is 5.32 Å². The predicted molar refractivity (Wildman–Crippen MR) is 85.0 cm³/mol. The third-order valence-electron chi connectivity index (χ3n) is 5.31. The molecule has 3 rings (SSSR count). The van der Waals surface area contributed by atoms with Gasteiger partial charge in [0.1, 0.15) is 0 Å². The zero-order valence-corrected chi connectivity index (χ0v) is 12.9. The molecule has 1 aromatic carbocycles. The molecule has 1 saturated heterocycles. The van der Waals surface area contributed by atoms with Gasteiger partial charge in [-0.1, -0.05) is 44.2 Å². The van der Waals surface area contributed by atoms with E-state index >= 15 is 0 Å².